The van der Waals surface area contributed by atoms with Gasteiger partial charge in [0.25, 0.3) is 0 Å². The van der Waals surface area contributed by atoms with Crippen LogP contribution in [0, 0.1) is 11.7 Å². The molecule has 0 aliphatic carbocycles. The molecule has 0 radical (unpaired) electrons. The van der Waals surface area contributed by atoms with Gasteiger partial charge in [-0.15, -0.1) is 0 Å². The van der Waals surface area contributed by atoms with Crippen LogP contribution >= 0.6 is 0 Å². The molecule has 3 heterocycles. The largest absolute Gasteiger partial charge is 0.342 e. The molecule has 0 saturated carbocycles. The van der Waals surface area contributed by atoms with Crippen LogP contribution in [-0.2, 0) is 15.0 Å². The zero-order valence-electron chi connectivity index (χ0n) is 14.7. The molecule has 0 bridgehead atoms. The molecule has 0 N–H and O–H groups in total. The lowest BCUT2D eigenvalue weighted by molar-refractivity contribution is -0.139. The van der Waals surface area contributed by atoms with Crippen molar-refractivity contribution in [2.75, 3.05) is 19.6 Å². The fourth-order valence-corrected chi connectivity index (χ4v) is 4.75. The van der Waals surface area contributed by atoms with E-state index in [0.717, 1.165) is 37.9 Å². The number of piperidine rings is 1. The molecule has 1 aromatic rings. The SMILES string of the molecule is CC1CCN(C(=O)[C@@]2(c3ccc(F)cc3)C[C@@H]3CCC(=O)N3C2)CC1. The molecule has 2 amide bonds. The van der Waals surface area contributed by atoms with Gasteiger partial charge in [-0.05, 0) is 49.3 Å². The van der Waals surface area contributed by atoms with Crippen molar-refractivity contribution in [3.8, 4) is 0 Å². The molecule has 1 aromatic carbocycles. The highest BCUT2D eigenvalue weighted by Gasteiger charge is 2.54. The minimum atomic E-state index is -0.713. The number of carbonyl (C=O) groups excluding carboxylic acids is 2. The summed E-state index contributed by atoms with van der Waals surface area (Å²) in [6.07, 6.45) is 4.12. The Morgan fingerprint density at radius 2 is 1.84 bits per heavy atom. The van der Waals surface area contributed by atoms with Gasteiger partial charge in [-0.3, -0.25) is 9.59 Å². The Balaban J connectivity index is 1.68. The molecule has 0 spiro atoms. The summed E-state index contributed by atoms with van der Waals surface area (Å²) in [4.78, 5) is 29.6. The quantitative estimate of drug-likeness (QED) is 0.828. The molecule has 0 unspecified atom stereocenters. The van der Waals surface area contributed by atoms with Gasteiger partial charge in [0.15, 0.2) is 0 Å². The molecule has 3 aliphatic rings. The van der Waals surface area contributed by atoms with Gasteiger partial charge in [-0.25, -0.2) is 4.39 Å². The summed E-state index contributed by atoms with van der Waals surface area (Å²) >= 11 is 0. The fraction of sp³-hybridized carbons (Fsp3) is 0.600. The van der Waals surface area contributed by atoms with Crippen molar-refractivity contribution in [2.45, 2.75) is 50.5 Å². The van der Waals surface area contributed by atoms with Crippen molar-refractivity contribution < 1.29 is 14.0 Å². The lowest BCUT2D eigenvalue weighted by atomic mass is 9.76. The monoisotopic (exact) mass is 344 g/mol. The summed E-state index contributed by atoms with van der Waals surface area (Å²) in [6, 6.07) is 6.45. The van der Waals surface area contributed by atoms with E-state index < -0.39 is 5.41 Å². The van der Waals surface area contributed by atoms with Gasteiger partial charge in [-0.2, -0.15) is 0 Å². The first kappa shape index (κ1) is 16.6. The van der Waals surface area contributed by atoms with Gasteiger partial charge in [0.2, 0.25) is 11.8 Å². The first-order valence-corrected chi connectivity index (χ1v) is 9.34. The molecule has 134 valence electrons. The van der Waals surface area contributed by atoms with E-state index in [1.54, 1.807) is 12.1 Å². The number of hydrogen-bond donors (Lipinski definition) is 0. The lowest BCUT2D eigenvalue weighted by Gasteiger charge is -2.38. The van der Waals surface area contributed by atoms with E-state index in [2.05, 4.69) is 6.92 Å². The van der Waals surface area contributed by atoms with Crippen molar-refractivity contribution in [3.05, 3.63) is 35.6 Å². The molecule has 3 fully saturated rings. The van der Waals surface area contributed by atoms with Gasteiger partial charge in [0.05, 0.1) is 5.41 Å². The van der Waals surface area contributed by atoms with Crippen molar-refractivity contribution in [1.82, 2.24) is 9.80 Å². The predicted octanol–water partition coefficient (Wildman–Crippen LogP) is 2.72. The van der Waals surface area contributed by atoms with Crippen LogP contribution in [0.25, 0.3) is 0 Å². The molecular formula is C20H25FN2O2. The van der Waals surface area contributed by atoms with Crippen LogP contribution in [0.3, 0.4) is 0 Å². The van der Waals surface area contributed by atoms with E-state index in [1.165, 1.54) is 12.1 Å². The highest BCUT2D eigenvalue weighted by Crippen LogP contribution is 2.44. The highest BCUT2D eigenvalue weighted by molar-refractivity contribution is 5.91. The van der Waals surface area contributed by atoms with E-state index in [1.807, 2.05) is 9.80 Å². The topological polar surface area (TPSA) is 40.6 Å². The third-order valence-electron chi connectivity index (χ3n) is 6.35. The Morgan fingerprint density at radius 1 is 1.16 bits per heavy atom. The molecule has 3 aliphatic heterocycles. The molecular weight excluding hydrogens is 319 g/mol. The molecule has 5 heteroatoms. The second kappa shape index (κ2) is 6.11. The minimum absolute atomic E-state index is 0.119. The Morgan fingerprint density at radius 3 is 2.48 bits per heavy atom. The summed E-state index contributed by atoms with van der Waals surface area (Å²) in [7, 11) is 0. The second-order valence-corrected chi connectivity index (χ2v) is 7.98. The molecule has 4 rings (SSSR count). The van der Waals surface area contributed by atoms with Crippen LogP contribution in [0.1, 0.15) is 44.6 Å². The number of nitrogens with zero attached hydrogens (tertiary/aromatic N) is 2. The van der Waals surface area contributed by atoms with Crippen LogP contribution < -0.4 is 0 Å². The number of carbonyl (C=O) groups is 2. The first-order chi connectivity index (χ1) is 12.0. The average Bonchev–Trinajstić information content (AvgIpc) is 3.16. The Kier molecular flexibility index (Phi) is 4.05. The maximum absolute atomic E-state index is 13.5. The van der Waals surface area contributed by atoms with Crippen molar-refractivity contribution in [1.29, 1.82) is 0 Å². The average molecular weight is 344 g/mol. The first-order valence-electron chi connectivity index (χ1n) is 9.34. The van der Waals surface area contributed by atoms with Crippen LogP contribution in [0.15, 0.2) is 24.3 Å². The van der Waals surface area contributed by atoms with Crippen LogP contribution in [0.5, 0.6) is 0 Å². The van der Waals surface area contributed by atoms with E-state index >= 15 is 0 Å². The van der Waals surface area contributed by atoms with Gasteiger partial charge >= 0.3 is 0 Å². The van der Waals surface area contributed by atoms with Gasteiger partial charge in [0.1, 0.15) is 5.82 Å². The van der Waals surface area contributed by atoms with E-state index in [9.17, 15) is 14.0 Å². The highest BCUT2D eigenvalue weighted by atomic mass is 19.1. The standard InChI is InChI=1S/C20H25FN2O2/c1-14-8-10-22(11-9-14)19(25)20(15-2-4-16(21)5-3-15)12-17-6-7-18(24)23(17)13-20/h2-5,14,17H,6-13H2,1H3/t17-,20-/m0/s1. The zero-order chi connectivity index (χ0) is 17.6. The maximum atomic E-state index is 13.5. The van der Waals surface area contributed by atoms with E-state index in [-0.39, 0.29) is 23.7 Å². The predicted molar refractivity (Wildman–Crippen MR) is 92.4 cm³/mol. The number of amides is 2. The molecule has 25 heavy (non-hydrogen) atoms. The van der Waals surface area contributed by atoms with Gasteiger partial charge < -0.3 is 9.80 Å². The number of fused-ring (bicyclic) bond motifs is 1. The maximum Gasteiger partial charge on any atom is 0.235 e. The number of likely N-dealkylation sites (tertiary alicyclic amines) is 1. The Bertz CT molecular complexity index is 681. The Hall–Kier alpha value is -1.91. The van der Waals surface area contributed by atoms with Gasteiger partial charge in [0, 0.05) is 32.1 Å². The number of benzene rings is 1. The normalized spacial score (nSPS) is 30.0. The Labute approximate surface area is 148 Å². The van der Waals surface area contributed by atoms with Crippen LogP contribution in [0.2, 0.25) is 0 Å². The van der Waals surface area contributed by atoms with Crippen LogP contribution in [-0.4, -0.2) is 47.3 Å². The molecule has 4 nitrogen and oxygen atoms in total. The summed E-state index contributed by atoms with van der Waals surface area (Å²) in [5.41, 5.74) is 0.134. The summed E-state index contributed by atoms with van der Waals surface area (Å²) < 4.78 is 13.4. The third-order valence-corrected chi connectivity index (χ3v) is 6.35. The summed E-state index contributed by atoms with van der Waals surface area (Å²) in [5.74, 6) is 0.620. The fourth-order valence-electron chi connectivity index (χ4n) is 4.75. The lowest BCUT2D eigenvalue weighted by Crippen LogP contribution is -2.51. The second-order valence-electron chi connectivity index (χ2n) is 7.98. The zero-order valence-corrected chi connectivity index (χ0v) is 14.7. The van der Waals surface area contributed by atoms with Crippen LogP contribution in [0.4, 0.5) is 4.39 Å². The summed E-state index contributed by atoms with van der Waals surface area (Å²) in [6.45, 7) is 4.22. The number of halogens is 1. The minimum Gasteiger partial charge on any atom is -0.342 e. The van der Waals surface area contributed by atoms with Gasteiger partial charge in [-0.1, -0.05) is 19.1 Å². The smallest absolute Gasteiger partial charge is 0.235 e. The number of rotatable bonds is 2. The molecule has 0 aromatic heterocycles. The van der Waals surface area contributed by atoms with Crippen molar-refractivity contribution in [2.24, 2.45) is 5.92 Å². The van der Waals surface area contributed by atoms with E-state index in [0.29, 0.717) is 25.3 Å². The van der Waals surface area contributed by atoms with Crippen molar-refractivity contribution in [3.63, 3.8) is 0 Å². The molecule has 3 saturated heterocycles. The van der Waals surface area contributed by atoms with Crippen molar-refractivity contribution >= 4 is 11.8 Å². The third kappa shape index (κ3) is 2.74. The summed E-state index contributed by atoms with van der Waals surface area (Å²) in [5, 5.41) is 0. The molecule has 2 atom stereocenters. The van der Waals surface area contributed by atoms with E-state index in [4.69, 9.17) is 0 Å². The number of hydrogen-bond acceptors (Lipinski definition) is 2.